The molecule has 1 fully saturated rings. The van der Waals surface area contributed by atoms with E-state index in [1.807, 2.05) is 19.9 Å². The summed E-state index contributed by atoms with van der Waals surface area (Å²) in [4.78, 5) is 24.3. The Morgan fingerprint density at radius 1 is 1.60 bits per heavy atom. The van der Waals surface area contributed by atoms with E-state index in [0.717, 1.165) is 6.42 Å². The van der Waals surface area contributed by atoms with E-state index in [0.29, 0.717) is 6.42 Å². The zero-order valence-electron chi connectivity index (χ0n) is 8.93. The van der Waals surface area contributed by atoms with Crippen LogP contribution < -0.4 is 0 Å². The van der Waals surface area contributed by atoms with Gasteiger partial charge in [-0.25, -0.2) is 4.79 Å². The summed E-state index contributed by atoms with van der Waals surface area (Å²) >= 11 is 0. The minimum atomic E-state index is -0.894. The van der Waals surface area contributed by atoms with Crippen molar-refractivity contribution in [2.45, 2.75) is 38.8 Å². The number of aliphatic carboxylic acids is 1. The van der Waals surface area contributed by atoms with Gasteiger partial charge in [-0.3, -0.25) is 4.79 Å². The number of fused-ring (bicyclic) bond motifs is 1. The lowest BCUT2D eigenvalue weighted by atomic mass is 9.81. The maximum absolute atomic E-state index is 11.7. The highest BCUT2D eigenvalue weighted by Crippen LogP contribution is 2.43. The van der Waals surface area contributed by atoms with Crippen molar-refractivity contribution in [3.63, 3.8) is 0 Å². The van der Waals surface area contributed by atoms with E-state index < -0.39 is 12.0 Å². The molecule has 0 aromatic rings. The van der Waals surface area contributed by atoms with Crippen LogP contribution in [-0.4, -0.2) is 34.0 Å². The Labute approximate surface area is 88.6 Å². The van der Waals surface area contributed by atoms with Crippen LogP contribution in [0.3, 0.4) is 0 Å². The molecule has 2 aliphatic heterocycles. The third-order valence-electron chi connectivity index (χ3n) is 3.45. The third kappa shape index (κ3) is 1.44. The molecule has 2 heterocycles. The molecule has 1 saturated heterocycles. The summed E-state index contributed by atoms with van der Waals surface area (Å²) in [7, 11) is 0. The molecule has 2 aliphatic rings. The highest BCUT2D eigenvalue weighted by atomic mass is 16.4. The predicted octanol–water partition coefficient (Wildman–Crippen LogP) is 1.03. The first kappa shape index (κ1) is 10.2. The van der Waals surface area contributed by atoms with Crippen LogP contribution in [0.4, 0.5) is 0 Å². The van der Waals surface area contributed by atoms with Crippen LogP contribution in [0.25, 0.3) is 0 Å². The molecule has 0 aliphatic carbocycles. The molecule has 1 unspecified atom stereocenters. The molecule has 2 rings (SSSR count). The van der Waals surface area contributed by atoms with Crippen LogP contribution in [0.15, 0.2) is 12.2 Å². The smallest absolute Gasteiger partial charge is 0.326 e. The van der Waals surface area contributed by atoms with Gasteiger partial charge in [0, 0.05) is 6.04 Å². The molecule has 4 heteroatoms. The van der Waals surface area contributed by atoms with Gasteiger partial charge >= 0.3 is 5.97 Å². The average Bonchev–Trinajstić information content (AvgIpc) is 2.40. The van der Waals surface area contributed by atoms with Crippen molar-refractivity contribution in [1.29, 1.82) is 0 Å². The second-order valence-electron chi connectivity index (χ2n) is 4.95. The summed E-state index contributed by atoms with van der Waals surface area (Å²) in [6, 6.07) is -0.612. The average molecular weight is 209 g/mol. The van der Waals surface area contributed by atoms with Crippen molar-refractivity contribution < 1.29 is 14.7 Å². The van der Waals surface area contributed by atoms with Crippen molar-refractivity contribution in [3.8, 4) is 0 Å². The van der Waals surface area contributed by atoms with Gasteiger partial charge in [-0.2, -0.15) is 0 Å². The molecule has 0 radical (unpaired) electrons. The number of carboxylic acid groups (broad SMARTS) is 1. The third-order valence-corrected chi connectivity index (χ3v) is 3.45. The summed E-state index contributed by atoms with van der Waals surface area (Å²) in [6.45, 7) is 4.06. The molecular formula is C11H15NO3. The Morgan fingerprint density at radius 3 is 2.87 bits per heavy atom. The van der Waals surface area contributed by atoms with Crippen molar-refractivity contribution in [2.24, 2.45) is 5.41 Å². The van der Waals surface area contributed by atoms with Gasteiger partial charge in [-0.05, 0) is 24.3 Å². The zero-order chi connectivity index (χ0) is 11.2. The Morgan fingerprint density at radius 2 is 2.27 bits per heavy atom. The van der Waals surface area contributed by atoms with E-state index in [-0.39, 0.29) is 17.4 Å². The highest BCUT2D eigenvalue weighted by molar-refractivity contribution is 5.93. The number of carboxylic acids is 1. The first-order chi connectivity index (χ1) is 6.93. The van der Waals surface area contributed by atoms with Crippen LogP contribution in [-0.2, 0) is 9.59 Å². The quantitative estimate of drug-likeness (QED) is 0.701. The summed E-state index contributed by atoms with van der Waals surface area (Å²) < 4.78 is 0. The van der Waals surface area contributed by atoms with Crippen molar-refractivity contribution in [3.05, 3.63) is 12.2 Å². The molecule has 2 atom stereocenters. The number of carbonyl (C=O) groups excluding carboxylic acids is 1. The second-order valence-corrected chi connectivity index (χ2v) is 4.95. The van der Waals surface area contributed by atoms with Gasteiger partial charge in [0.05, 0.1) is 0 Å². The fourth-order valence-electron chi connectivity index (χ4n) is 2.66. The molecule has 0 spiro atoms. The van der Waals surface area contributed by atoms with Gasteiger partial charge in [-0.1, -0.05) is 19.9 Å². The minimum Gasteiger partial charge on any atom is -0.480 e. The number of hydrogen-bond acceptors (Lipinski definition) is 2. The highest BCUT2D eigenvalue weighted by Gasteiger charge is 2.51. The molecule has 0 aromatic heterocycles. The van der Waals surface area contributed by atoms with Crippen LogP contribution in [0.1, 0.15) is 26.7 Å². The summed E-state index contributed by atoms with van der Waals surface area (Å²) in [5.41, 5.74) is -0.108. The molecule has 0 aromatic carbocycles. The first-order valence-corrected chi connectivity index (χ1v) is 5.15. The van der Waals surface area contributed by atoms with E-state index >= 15 is 0 Å². The normalized spacial score (nSPS) is 32.9. The second kappa shape index (κ2) is 3.08. The van der Waals surface area contributed by atoms with E-state index in [1.165, 1.54) is 11.0 Å². The molecule has 15 heavy (non-hydrogen) atoms. The Hall–Kier alpha value is -1.32. The Bertz CT molecular complexity index is 346. The van der Waals surface area contributed by atoms with Crippen LogP contribution in [0.5, 0.6) is 0 Å². The first-order valence-electron chi connectivity index (χ1n) is 5.15. The fraction of sp³-hybridized carbons (Fsp3) is 0.636. The monoisotopic (exact) mass is 209 g/mol. The van der Waals surface area contributed by atoms with Crippen molar-refractivity contribution >= 4 is 11.9 Å². The van der Waals surface area contributed by atoms with Crippen molar-refractivity contribution in [2.75, 3.05) is 0 Å². The Kier molecular flexibility index (Phi) is 2.10. The fourth-order valence-corrected chi connectivity index (χ4v) is 2.66. The van der Waals surface area contributed by atoms with Crippen LogP contribution in [0, 0.1) is 5.41 Å². The summed E-state index contributed by atoms with van der Waals surface area (Å²) in [6.07, 6.45) is 4.63. The number of nitrogens with zero attached hydrogens (tertiary/aromatic N) is 1. The maximum atomic E-state index is 11.7. The van der Waals surface area contributed by atoms with E-state index in [9.17, 15) is 9.59 Å². The van der Waals surface area contributed by atoms with Gasteiger partial charge in [0.2, 0.25) is 5.91 Å². The molecule has 82 valence electrons. The minimum absolute atomic E-state index is 0.0381. The molecule has 0 saturated carbocycles. The number of hydrogen-bond donors (Lipinski definition) is 1. The van der Waals surface area contributed by atoms with Gasteiger partial charge < -0.3 is 10.0 Å². The largest absolute Gasteiger partial charge is 0.480 e. The molecular weight excluding hydrogens is 194 g/mol. The topological polar surface area (TPSA) is 57.6 Å². The van der Waals surface area contributed by atoms with E-state index in [2.05, 4.69) is 0 Å². The lowest BCUT2D eigenvalue weighted by Gasteiger charge is -2.34. The number of rotatable bonds is 1. The summed E-state index contributed by atoms with van der Waals surface area (Å²) in [5, 5.41) is 9.08. The van der Waals surface area contributed by atoms with Crippen molar-refractivity contribution in [1.82, 2.24) is 4.90 Å². The van der Waals surface area contributed by atoms with Gasteiger partial charge in [0.15, 0.2) is 0 Å². The molecule has 1 amide bonds. The molecule has 4 nitrogen and oxygen atoms in total. The maximum Gasteiger partial charge on any atom is 0.326 e. The lowest BCUT2D eigenvalue weighted by Crippen LogP contribution is -2.47. The van der Waals surface area contributed by atoms with Crippen LogP contribution >= 0.6 is 0 Å². The zero-order valence-corrected chi connectivity index (χ0v) is 8.93. The standard InChI is InChI=1S/C11H15NO3/c1-11(2)6-7(10(14)15)12-8(11)4-3-5-9(12)13/h3,5,7-8H,4,6H2,1-2H3,(H,14,15)/t7-,8?/m0/s1. The van der Waals surface area contributed by atoms with Crippen LogP contribution in [0.2, 0.25) is 0 Å². The van der Waals surface area contributed by atoms with Gasteiger partial charge in [0.1, 0.15) is 6.04 Å². The lowest BCUT2D eigenvalue weighted by molar-refractivity contribution is -0.148. The number of amides is 1. The predicted molar refractivity (Wildman–Crippen MR) is 54.2 cm³/mol. The van der Waals surface area contributed by atoms with Gasteiger partial charge in [0.25, 0.3) is 0 Å². The summed E-state index contributed by atoms with van der Waals surface area (Å²) in [5.74, 6) is -1.06. The molecule has 0 bridgehead atoms. The van der Waals surface area contributed by atoms with E-state index in [4.69, 9.17) is 5.11 Å². The van der Waals surface area contributed by atoms with E-state index in [1.54, 1.807) is 0 Å². The Balaban J connectivity index is 2.37. The molecule has 1 N–H and O–H groups in total. The van der Waals surface area contributed by atoms with Gasteiger partial charge in [-0.15, -0.1) is 0 Å². The SMILES string of the molecule is CC1(C)C[C@@H](C(=O)O)N2C(=O)C=CCC21. The number of carbonyl (C=O) groups is 2.